The molecule has 1 atom stereocenters. The van der Waals surface area contributed by atoms with Gasteiger partial charge in [-0.25, -0.2) is 0 Å². The van der Waals surface area contributed by atoms with E-state index in [1.807, 2.05) is 38.1 Å². The summed E-state index contributed by atoms with van der Waals surface area (Å²) >= 11 is 0. The molecule has 1 unspecified atom stereocenters. The number of nitrogens with zero attached hydrogens (tertiary/aromatic N) is 2. The van der Waals surface area contributed by atoms with E-state index in [1.54, 1.807) is 17.3 Å². The standard InChI is InChI=1S/C21H25N3O2/c1-15-8-9-16(2)18(13-15)19(17-7-6-10-22-14-17)23-20(25)21(26)24-11-4-3-5-12-24/h6-10,13-14,19H,3-5,11-12H2,1-2H3,(H,23,25). The second kappa shape index (κ2) is 8.13. The number of aromatic nitrogens is 1. The number of likely N-dealkylation sites (tertiary alicyclic amines) is 1. The van der Waals surface area contributed by atoms with Gasteiger partial charge in [-0.05, 0) is 55.9 Å². The van der Waals surface area contributed by atoms with Gasteiger partial charge in [0.15, 0.2) is 0 Å². The van der Waals surface area contributed by atoms with E-state index in [2.05, 4.69) is 16.4 Å². The summed E-state index contributed by atoms with van der Waals surface area (Å²) in [5.74, 6) is -0.995. The Bertz CT molecular complexity index is 783. The van der Waals surface area contributed by atoms with Gasteiger partial charge in [0.05, 0.1) is 6.04 Å². The second-order valence-corrected chi connectivity index (χ2v) is 6.91. The van der Waals surface area contributed by atoms with Crippen molar-refractivity contribution in [1.82, 2.24) is 15.2 Å². The molecule has 1 aromatic carbocycles. The van der Waals surface area contributed by atoms with Crippen LogP contribution in [-0.2, 0) is 9.59 Å². The van der Waals surface area contributed by atoms with E-state index >= 15 is 0 Å². The summed E-state index contributed by atoms with van der Waals surface area (Å²) in [4.78, 5) is 31.1. The summed E-state index contributed by atoms with van der Waals surface area (Å²) in [5, 5.41) is 2.94. The van der Waals surface area contributed by atoms with E-state index < -0.39 is 17.9 Å². The highest BCUT2D eigenvalue weighted by Crippen LogP contribution is 2.25. The molecule has 1 aromatic heterocycles. The smallest absolute Gasteiger partial charge is 0.311 e. The van der Waals surface area contributed by atoms with E-state index in [4.69, 9.17) is 0 Å². The summed E-state index contributed by atoms with van der Waals surface area (Å²) < 4.78 is 0. The molecule has 1 aliphatic heterocycles. The molecule has 0 spiro atoms. The average Bonchev–Trinajstić information content (AvgIpc) is 2.68. The SMILES string of the molecule is Cc1ccc(C)c(C(NC(=O)C(=O)N2CCCCC2)c2cccnc2)c1. The first kappa shape index (κ1) is 18.1. The van der Waals surface area contributed by atoms with E-state index in [9.17, 15) is 9.59 Å². The first-order valence-electron chi connectivity index (χ1n) is 9.13. The van der Waals surface area contributed by atoms with Crippen molar-refractivity contribution in [2.24, 2.45) is 0 Å². The predicted molar refractivity (Wildman–Crippen MR) is 101 cm³/mol. The van der Waals surface area contributed by atoms with Crippen LogP contribution in [0.2, 0.25) is 0 Å². The summed E-state index contributed by atoms with van der Waals surface area (Å²) in [6, 6.07) is 9.49. The van der Waals surface area contributed by atoms with Gasteiger partial charge in [-0.3, -0.25) is 14.6 Å². The monoisotopic (exact) mass is 351 g/mol. The Kier molecular flexibility index (Phi) is 5.66. The molecule has 0 aliphatic carbocycles. The maximum Gasteiger partial charge on any atom is 0.311 e. The lowest BCUT2D eigenvalue weighted by molar-refractivity contribution is -0.146. The van der Waals surface area contributed by atoms with Gasteiger partial charge in [-0.1, -0.05) is 29.8 Å². The molecule has 0 bridgehead atoms. The lowest BCUT2D eigenvalue weighted by Gasteiger charge is -2.27. The molecule has 1 aliphatic rings. The highest BCUT2D eigenvalue weighted by molar-refractivity contribution is 6.35. The van der Waals surface area contributed by atoms with E-state index in [0.717, 1.165) is 41.5 Å². The Morgan fingerprint density at radius 3 is 2.58 bits per heavy atom. The normalized spacial score (nSPS) is 15.4. The lowest BCUT2D eigenvalue weighted by atomic mass is 9.94. The van der Waals surface area contributed by atoms with Crippen LogP contribution in [0.1, 0.15) is 47.6 Å². The fourth-order valence-corrected chi connectivity index (χ4v) is 3.39. The average molecular weight is 351 g/mol. The molecule has 2 aromatic rings. The molecule has 5 nitrogen and oxygen atoms in total. The molecule has 0 saturated carbocycles. The number of rotatable bonds is 3. The number of hydrogen-bond donors (Lipinski definition) is 1. The highest BCUT2D eigenvalue weighted by atomic mass is 16.2. The summed E-state index contributed by atoms with van der Waals surface area (Å²) in [5.41, 5.74) is 4.02. The fourth-order valence-electron chi connectivity index (χ4n) is 3.39. The minimum atomic E-state index is -0.554. The number of benzene rings is 1. The van der Waals surface area contributed by atoms with Crippen molar-refractivity contribution < 1.29 is 9.59 Å². The third kappa shape index (κ3) is 4.10. The number of amides is 2. The van der Waals surface area contributed by atoms with Gasteiger partial charge in [0, 0.05) is 25.5 Å². The zero-order valence-electron chi connectivity index (χ0n) is 15.4. The van der Waals surface area contributed by atoms with Crippen LogP contribution in [-0.4, -0.2) is 34.8 Å². The van der Waals surface area contributed by atoms with Crippen LogP contribution in [0.5, 0.6) is 0 Å². The Morgan fingerprint density at radius 2 is 1.88 bits per heavy atom. The molecule has 26 heavy (non-hydrogen) atoms. The minimum absolute atomic E-state index is 0.398. The second-order valence-electron chi connectivity index (χ2n) is 6.91. The van der Waals surface area contributed by atoms with Crippen molar-refractivity contribution in [3.05, 3.63) is 65.0 Å². The molecular weight excluding hydrogens is 326 g/mol. The molecule has 136 valence electrons. The van der Waals surface area contributed by atoms with Crippen LogP contribution in [0.25, 0.3) is 0 Å². The van der Waals surface area contributed by atoms with Crippen molar-refractivity contribution in [3.63, 3.8) is 0 Å². The maximum atomic E-state index is 12.7. The van der Waals surface area contributed by atoms with Crippen LogP contribution in [0.15, 0.2) is 42.7 Å². The Labute approximate surface area is 154 Å². The zero-order valence-corrected chi connectivity index (χ0v) is 15.4. The number of nitrogens with one attached hydrogen (secondary N) is 1. The van der Waals surface area contributed by atoms with Crippen molar-refractivity contribution in [2.45, 2.75) is 39.2 Å². The third-order valence-corrected chi connectivity index (χ3v) is 4.88. The lowest BCUT2D eigenvalue weighted by Crippen LogP contribution is -2.46. The van der Waals surface area contributed by atoms with Gasteiger partial charge in [0.2, 0.25) is 0 Å². The Hall–Kier alpha value is -2.69. The van der Waals surface area contributed by atoms with Crippen molar-refractivity contribution in [2.75, 3.05) is 13.1 Å². The van der Waals surface area contributed by atoms with Crippen molar-refractivity contribution in [3.8, 4) is 0 Å². The van der Waals surface area contributed by atoms with E-state index in [-0.39, 0.29) is 0 Å². The van der Waals surface area contributed by atoms with Gasteiger partial charge in [0.1, 0.15) is 0 Å². The highest BCUT2D eigenvalue weighted by Gasteiger charge is 2.27. The van der Waals surface area contributed by atoms with Crippen LogP contribution in [0.3, 0.4) is 0 Å². The third-order valence-electron chi connectivity index (χ3n) is 4.88. The topological polar surface area (TPSA) is 62.3 Å². The molecule has 0 radical (unpaired) electrons. The van der Waals surface area contributed by atoms with Gasteiger partial charge >= 0.3 is 11.8 Å². The van der Waals surface area contributed by atoms with E-state index in [1.165, 1.54) is 0 Å². The van der Waals surface area contributed by atoms with Gasteiger partial charge in [-0.2, -0.15) is 0 Å². The van der Waals surface area contributed by atoms with Crippen LogP contribution in [0, 0.1) is 13.8 Å². The first-order valence-corrected chi connectivity index (χ1v) is 9.13. The largest absolute Gasteiger partial charge is 0.337 e. The van der Waals surface area contributed by atoms with Crippen LogP contribution < -0.4 is 5.32 Å². The molecular formula is C21H25N3O2. The molecule has 3 rings (SSSR count). The van der Waals surface area contributed by atoms with Crippen LogP contribution in [0.4, 0.5) is 0 Å². The summed E-state index contributed by atoms with van der Waals surface area (Å²) in [6.45, 7) is 5.35. The summed E-state index contributed by atoms with van der Waals surface area (Å²) in [7, 11) is 0. The number of hydrogen-bond acceptors (Lipinski definition) is 3. The van der Waals surface area contributed by atoms with Crippen molar-refractivity contribution >= 4 is 11.8 Å². The minimum Gasteiger partial charge on any atom is -0.337 e. The van der Waals surface area contributed by atoms with Gasteiger partial charge in [0.25, 0.3) is 0 Å². The van der Waals surface area contributed by atoms with Crippen LogP contribution >= 0.6 is 0 Å². The number of aryl methyl sites for hydroxylation is 2. The molecule has 1 saturated heterocycles. The maximum absolute atomic E-state index is 12.7. The predicted octanol–water partition coefficient (Wildman–Crippen LogP) is 2.92. The van der Waals surface area contributed by atoms with E-state index in [0.29, 0.717) is 13.1 Å². The van der Waals surface area contributed by atoms with Gasteiger partial charge < -0.3 is 10.2 Å². The van der Waals surface area contributed by atoms with Gasteiger partial charge in [-0.15, -0.1) is 0 Å². The Balaban J connectivity index is 1.88. The first-order chi connectivity index (χ1) is 12.6. The molecule has 5 heteroatoms. The number of piperidine rings is 1. The fraction of sp³-hybridized carbons (Fsp3) is 0.381. The Morgan fingerprint density at radius 1 is 1.12 bits per heavy atom. The molecule has 2 heterocycles. The zero-order chi connectivity index (χ0) is 18.5. The molecule has 1 N–H and O–H groups in total. The summed E-state index contributed by atoms with van der Waals surface area (Å²) in [6.07, 6.45) is 6.47. The number of carbonyl (C=O) groups is 2. The molecule has 2 amide bonds. The number of pyridine rings is 1. The molecule has 1 fully saturated rings. The quantitative estimate of drug-likeness (QED) is 0.865. The van der Waals surface area contributed by atoms with Crippen molar-refractivity contribution in [1.29, 1.82) is 0 Å². The number of carbonyl (C=O) groups excluding carboxylic acids is 2.